The molecule has 1 aromatic carbocycles. The molecule has 0 saturated carbocycles. The molecule has 0 radical (unpaired) electrons. The molecule has 5 heteroatoms. The number of hydrogen-bond donors (Lipinski definition) is 1. The zero-order valence-electron chi connectivity index (χ0n) is 8.56. The van der Waals surface area contributed by atoms with Gasteiger partial charge in [-0.2, -0.15) is 0 Å². The Morgan fingerprint density at radius 3 is 2.69 bits per heavy atom. The van der Waals surface area contributed by atoms with Crippen LogP contribution in [0.5, 0.6) is 0 Å². The normalized spacial score (nSPS) is 12.8. The van der Waals surface area contributed by atoms with Gasteiger partial charge in [0.2, 0.25) is 0 Å². The zero-order chi connectivity index (χ0) is 11.7. The van der Waals surface area contributed by atoms with Crippen LogP contribution in [0.3, 0.4) is 0 Å². The summed E-state index contributed by atoms with van der Waals surface area (Å²) in [6.07, 6.45) is 2.55. The van der Waals surface area contributed by atoms with Gasteiger partial charge in [-0.05, 0) is 12.1 Å². The van der Waals surface area contributed by atoms with Crippen LogP contribution in [0, 0.1) is 0 Å². The van der Waals surface area contributed by atoms with E-state index in [0.29, 0.717) is 21.4 Å². The first kappa shape index (κ1) is 11.5. The van der Waals surface area contributed by atoms with E-state index in [4.69, 9.17) is 23.2 Å². The summed E-state index contributed by atoms with van der Waals surface area (Å²) in [6.45, 7) is 0. The number of aliphatic hydroxyl groups excluding tert-OH is 1. The van der Waals surface area contributed by atoms with Crippen molar-refractivity contribution in [2.75, 3.05) is 0 Å². The predicted octanol–water partition coefficient (Wildman–Crippen LogP) is 2.81. The second-order valence-electron chi connectivity index (χ2n) is 3.46. The van der Waals surface area contributed by atoms with Crippen molar-refractivity contribution in [2.45, 2.75) is 6.10 Å². The van der Waals surface area contributed by atoms with Crippen LogP contribution in [0.15, 0.2) is 30.6 Å². The van der Waals surface area contributed by atoms with Gasteiger partial charge in [-0.1, -0.05) is 29.3 Å². The molecule has 0 fully saturated rings. The summed E-state index contributed by atoms with van der Waals surface area (Å²) in [5, 5.41) is 11.1. The third-order valence-electron chi connectivity index (χ3n) is 2.36. The second kappa shape index (κ2) is 4.45. The molecule has 1 unspecified atom stereocenters. The minimum atomic E-state index is -0.843. The molecular weight excluding hydrogens is 247 g/mol. The van der Waals surface area contributed by atoms with E-state index in [9.17, 15) is 5.11 Å². The molecule has 0 aliphatic carbocycles. The number of nitrogens with zero attached hydrogens (tertiary/aromatic N) is 2. The van der Waals surface area contributed by atoms with Crippen molar-refractivity contribution in [3.8, 4) is 0 Å². The third kappa shape index (κ3) is 2.07. The summed E-state index contributed by atoms with van der Waals surface area (Å²) in [6, 6.07) is 4.99. The minimum absolute atomic E-state index is 0.433. The highest BCUT2D eigenvalue weighted by Gasteiger charge is 2.17. The number of hydrogen-bond acceptors (Lipinski definition) is 2. The Kier molecular flexibility index (Phi) is 3.19. The summed E-state index contributed by atoms with van der Waals surface area (Å²) < 4.78 is 1.75. The van der Waals surface area contributed by atoms with E-state index in [1.54, 1.807) is 35.2 Å². The molecule has 0 aliphatic heterocycles. The Hall–Kier alpha value is -1.03. The van der Waals surface area contributed by atoms with Gasteiger partial charge in [0.15, 0.2) is 0 Å². The summed E-state index contributed by atoms with van der Waals surface area (Å²) >= 11 is 11.8. The lowest BCUT2D eigenvalue weighted by molar-refractivity contribution is 0.206. The fourth-order valence-corrected chi connectivity index (χ4v) is 2.01. The van der Waals surface area contributed by atoms with Gasteiger partial charge in [0.25, 0.3) is 0 Å². The van der Waals surface area contributed by atoms with Crippen molar-refractivity contribution >= 4 is 23.2 Å². The molecule has 0 amide bonds. The van der Waals surface area contributed by atoms with Crippen LogP contribution < -0.4 is 0 Å². The molecule has 0 saturated heterocycles. The van der Waals surface area contributed by atoms with Crippen LogP contribution in [0.2, 0.25) is 10.0 Å². The predicted molar refractivity (Wildman–Crippen MR) is 63.7 cm³/mol. The molecule has 1 atom stereocenters. The number of imidazole rings is 1. The van der Waals surface area contributed by atoms with Crippen LogP contribution >= 0.6 is 23.2 Å². The maximum Gasteiger partial charge on any atom is 0.142 e. The monoisotopic (exact) mass is 256 g/mol. The molecule has 0 bridgehead atoms. The van der Waals surface area contributed by atoms with Crippen LogP contribution in [-0.2, 0) is 7.05 Å². The van der Waals surface area contributed by atoms with E-state index in [2.05, 4.69) is 4.98 Å². The largest absolute Gasteiger partial charge is 0.380 e. The van der Waals surface area contributed by atoms with E-state index < -0.39 is 6.10 Å². The molecule has 0 spiro atoms. The van der Waals surface area contributed by atoms with E-state index in [-0.39, 0.29) is 0 Å². The van der Waals surface area contributed by atoms with Gasteiger partial charge < -0.3 is 9.67 Å². The Labute approximate surface area is 103 Å². The van der Waals surface area contributed by atoms with Crippen LogP contribution in [0.4, 0.5) is 0 Å². The lowest BCUT2D eigenvalue weighted by Crippen LogP contribution is -2.07. The lowest BCUT2D eigenvalue weighted by atomic mass is 10.1. The fraction of sp³-hybridized carbons (Fsp3) is 0.182. The number of halogens is 2. The molecule has 84 valence electrons. The Bertz CT molecular complexity index is 510. The summed E-state index contributed by atoms with van der Waals surface area (Å²) in [4.78, 5) is 4.08. The van der Waals surface area contributed by atoms with Crippen molar-refractivity contribution < 1.29 is 5.11 Å². The van der Waals surface area contributed by atoms with Gasteiger partial charge in [0, 0.05) is 35.1 Å². The molecule has 2 rings (SSSR count). The molecule has 1 heterocycles. The first-order valence-corrected chi connectivity index (χ1v) is 5.45. The van der Waals surface area contributed by atoms with E-state index in [0.717, 1.165) is 0 Å². The minimum Gasteiger partial charge on any atom is -0.380 e. The van der Waals surface area contributed by atoms with Crippen LogP contribution in [-0.4, -0.2) is 14.7 Å². The summed E-state index contributed by atoms with van der Waals surface area (Å²) in [7, 11) is 1.81. The average Bonchev–Trinajstić information content (AvgIpc) is 2.63. The highest BCUT2D eigenvalue weighted by molar-refractivity contribution is 6.35. The maximum absolute atomic E-state index is 10.1. The topological polar surface area (TPSA) is 38.0 Å². The smallest absolute Gasteiger partial charge is 0.142 e. The second-order valence-corrected chi connectivity index (χ2v) is 4.31. The number of aliphatic hydroxyl groups is 1. The highest BCUT2D eigenvalue weighted by atomic mass is 35.5. The fourth-order valence-electron chi connectivity index (χ4n) is 1.50. The van der Waals surface area contributed by atoms with Crippen molar-refractivity contribution in [2.24, 2.45) is 7.05 Å². The number of aryl methyl sites for hydroxylation is 1. The first-order chi connectivity index (χ1) is 7.59. The summed E-state index contributed by atoms with van der Waals surface area (Å²) in [5.74, 6) is 0.546. The lowest BCUT2D eigenvalue weighted by Gasteiger charge is -2.12. The molecule has 1 N–H and O–H groups in total. The molecule has 0 aliphatic rings. The highest BCUT2D eigenvalue weighted by Crippen LogP contribution is 2.29. The Balaban J connectivity index is 2.41. The average molecular weight is 257 g/mol. The van der Waals surface area contributed by atoms with Crippen LogP contribution in [0.1, 0.15) is 17.5 Å². The molecular formula is C11H10Cl2N2O. The molecule has 3 nitrogen and oxygen atoms in total. The van der Waals surface area contributed by atoms with Gasteiger partial charge in [0.1, 0.15) is 11.9 Å². The molecule has 2 aromatic rings. The van der Waals surface area contributed by atoms with E-state index in [1.165, 1.54) is 0 Å². The third-order valence-corrected chi connectivity index (χ3v) is 2.92. The van der Waals surface area contributed by atoms with Gasteiger partial charge >= 0.3 is 0 Å². The van der Waals surface area contributed by atoms with Gasteiger partial charge in [-0.15, -0.1) is 0 Å². The van der Waals surface area contributed by atoms with Crippen molar-refractivity contribution in [3.05, 3.63) is 52.0 Å². The summed E-state index contributed by atoms with van der Waals surface area (Å²) in [5.41, 5.74) is 0.598. The van der Waals surface area contributed by atoms with Crippen LogP contribution in [0.25, 0.3) is 0 Å². The van der Waals surface area contributed by atoms with E-state index >= 15 is 0 Å². The van der Waals surface area contributed by atoms with Crippen molar-refractivity contribution in [1.82, 2.24) is 9.55 Å². The Morgan fingerprint density at radius 1 is 1.38 bits per heavy atom. The van der Waals surface area contributed by atoms with Gasteiger partial charge in [-0.25, -0.2) is 4.98 Å². The molecule has 1 aromatic heterocycles. The van der Waals surface area contributed by atoms with Gasteiger partial charge in [-0.3, -0.25) is 0 Å². The number of benzene rings is 1. The number of rotatable bonds is 2. The molecule has 16 heavy (non-hydrogen) atoms. The Morgan fingerprint density at radius 2 is 2.12 bits per heavy atom. The van der Waals surface area contributed by atoms with E-state index in [1.807, 2.05) is 7.05 Å². The first-order valence-electron chi connectivity index (χ1n) is 4.70. The quantitative estimate of drug-likeness (QED) is 0.898. The SMILES string of the molecule is Cn1ccnc1C(O)c1ccc(Cl)cc1Cl. The van der Waals surface area contributed by atoms with Crippen molar-refractivity contribution in [1.29, 1.82) is 0 Å². The standard InChI is InChI=1S/C11H10Cl2N2O/c1-15-5-4-14-11(15)10(16)8-3-2-7(12)6-9(8)13/h2-6,10,16H,1H3. The number of aromatic nitrogens is 2. The van der Waals surface area contributed by atoms with Gasteiger partial charge in [0.05, 0.1) is 0 Å². The maximum atomic E-state index is 10.1. The van der Waals surface area contributed by atoms with Crippen molar-refractivity contribution in [3.63, 3.8) is 0 Å². The zero-order valence-corrected chi connectivity index (χ0v) is 10.1.